The monoisotopic (exact) mass is 617 g/mol. The number of fused-ring (bicyclic) bond motifs is 1. The van der Waals surface area contributed by atoms with E-state index in [9.17, 15) is 13.3 Å². The van der Waals surface area contributed by atoms with Crippen molar-refractivity contribution in [1.29, 1.82) is 0 Å². The van der Waals surface area contributed by atoms with Crippen LogP contribution in [0.3, 0.4) is 0 Å². The molecule has 2 atom stereocenters. The molecule has 0 aromatic carbocycles. The van der Waals surface area contributed by atoms with E-state index < -0.39 is 13.5 Å². The second kappa shape index (κ2) is 20.3. The number of rotatable bonds is 26. The normalized spacial score (nSPS) is 14.4. The smallest absolute Gasteiger partial charge is 0.355 e. The number of alkyl halides is 2. The van der Waals surface area contributed by atoms with Gasteiger partial charge in [0.2, 0.25) is 5.92 Å². The summed E-state index contributed by atoms with van der Waals surface area (Å²) in [5.41, 5.74) is 6.88. The molecule has 0 aliphatic rings. The summed E-state index contributed by atoms with van der Waals surface area (Å²) < 4.78 is 59.5. The lowest BCUT2D eigenvalue weighted by molar-refractivity contribution is -0.0234. The Hall–Kier alpha value is -1.68. The number of nitrogen functional groups attached to an aromatic ring is 1. The molecule has 2 heterocycles. The first-order valence-corrected chi connectivity index (χ1v) is 17.6. The minimum Gasteiger partial charge on any atom is -0.382 e. The van der Waals surface area contributed by atoms with Gasteiger partial charge in [0, 0.05) is 20.0 Å². The molecule has 1 unspecified atom stereocenters. The molecule has 0 saturated carbocycles. The van der Waals surface area contributed by atoms with Crippen molar-refractivity contribution in [2.24, 2.45) is 0 Å². The fraction of sp³-hybridized carbons (Fsp3) is 0.833. The van der Waals surface area contributed by atoms with Crippen LogP contribution < -0.4 is 5.73 Å². The Balaban J connectivity index is 1.51. The van der Waals surface area contributed by atoms with Crippen molar-refractivity contribution >= 4 is 24.6 Å². The molecule has 2 aromatic heterocycles. The molecular weight excluding hydrogens is 563 g/mol. The standard InChI is InChI=1S/C30H54F2N5O4P/c1-4-5-6-7-8-9-10-11-12-13-14-15-16-17-19-30(31,32)20-18-21-41-42(38,39-3)25-40-26(2)22-37-24-36-27-28(33)34-23-35-29(27)37/h23-24,26H,4-22,25H2,1-3H3,(H2,33,34,35)/t26-,42?/m1/s1. The third-order valence-electron chi connectivity index (χ3n) is 7.55. The zero-order chi connectivity index (χ0) is 30.7. The lowest BCUT2D eigenvalue weighted by Crippen LogP contribution is -2.18. The molecule has 2 aromatic rings. The number of nitrogens with two attached hydrogens (primary N) is 1. The maximum Gasteiger partial charge on any atom is 0.355 e. The maximum absolute atomic E-state index is 14.3. The Morgan fingerprint density at radius 1 is 0.905 bits per heavy atom. The SMILES string of the molecule is CCCCCCCCCCCCCCCCC(F)(F)CCCOP(=O)(CO[C@H](C)Cn1cnc2c(N)ncnc21)OC. The third-order valence-corrected chi connectivity index (χ3v) is 9.15. The Morgan fingerprint density at radius 2 is 1.48 bits per heavy atom. The van der Waals surface area contributed by atoms with Crippen molar-refractivity contribution < 1.29 is 27.1 Å². The van der Waals surface area contributed by atoms with Gasteiger partial charge in [0.1, 0.15) is 18.2 Å². The van der Waals surface area contributed by atoms with E-state index in [1.54, 1.807) is 17.8 Å². The summed E-state index contributed by atoms with van der Waals surface area (Å²) in [6.45, 7) is 4.34. The lowest BCUT2D eigenvalue weighted by Gasteiger charge is -2.21. The molecule has 0 saturated heterocycles. The molecule has 242 valence electrons. The second-order valence-corrected chi connectivity index (χ2v) is 13.5. The van der Waals surface area contributed by atoms with Gasteiger partial charge in [-0.15, -0.1) is 0 Å². The fourth-order valence-electron chi connectivity index (χ4n) is 4.96. The molecule has 42 heavy (non-hydrogen) atoms. The minimum atomic E-state index is -3.57. The number of anilines is 1. The van der Waals surface area contributed by atoms with Crippen LogP contribution in [-0.2, 0) is 24.9 Å². The van der Waals surface area contributed by atoms with E-state index in [2.05, 4.69) is 21.9 Å². The van der Waals surface area contributed by atoms with Crippen LogP contribution in [0.15, 0.2) is 12.7 Å². The number of aromatic nitrogens is 4. The van der Waals surface area contributed by atoms with Crippen molar-refractivity contribution in [3.63, 3.8) is 0 Å². The van der Waals surface area contributed by atoms with E-state index >= 15 is 0 Å². The van der Waals surface area contributed by atoms with Crippen LogP contribution in [0.1, 0.15) is 123 Å². The Labute approximate surface area is 251 Å². The summed E-state index contributed by atoms with van der Waals surface area (Å²) in [4.78, 5) is 12.3. The predicted molar refractivity (Wildman–Crippen MR) is 165 cm³/mol. The zero-order valence-corrected chi connectivity index (χ0v) is 27.0. The molecule has 0 aliphatic carbocycles. The van der Waals surface area contributed by atoms with E-state index in [1.165, 1.54) is 77.6 Å². The van der Waals surface area contributed by atoms with Gasteiger partial charge in [-0.3, -0.25) is 4.57 Å². The van der Waals surface area contributed by atoms with Gasteiger partial charge in [-0.05, 0) is 19.8 Å². The largest absolute Gasteiger partial charge is 0.382 e. The highest BCUT2D eigenvalue weighted by molar-refractivity contribution is 7.53. The summed E-state index contributed by atoms with van der Waals surface area (Å²) in [6.07, 6.45) is 18.6. The first-order chi connectivity index (χ1) is 20.2. The quantitative estimate of drug-likeness (QED) is 0.0822. The van der Waals surface area contributed by atoms with Gasteiger partial charge in [-0.2, -0.15) is 0 Å². The van der Waals surface area contributed by atoms with Gasteiger partial charge < -0.3 is 24.1 Å². The van der Waals surface area contributed by atoms with Gasteiger partial charge >= 0.3 is 7.60 Å². The molecule has 2 N–H and O–H groups in total. The summed E-state index contributed by atoms with van der Waals surface area (Å²) >= 11 is 0. The molecule has 0 aliphatic heterocycles. The highest BCUT2D eigenvalue weighted by Gasteiger charge is 2.29. The predicted octanol–water partition coefficient (Wildman–Crippen LogP) is 8.91. The van der Waals surface area contributed by atoms with Gasteiger partial charge in [0.15, 0.2) is 11.5 Å². The number of hydrogen-bond donors (Lipinski definition) is 1. The Morgan fingerprint density at radius 3 is 2.07 bits per heavy atom. The van der Waals surface area contributed by atoms with Crippen molar-refractivity contribution in [3.05, 3.63) is 12.7 Å². The topological polar surface area (TPSA) is 114 Å². The summed E-state index contributed by atoms with van der Waals surface area (Å²) in [6, 6.07) is 0. The average molecular weight is 618 g/mol. The maximum atomic E-state index is 14.3. The minimum absolute atomic E-state index is 0.0838. The molecule has 0 radical (unpaired) electrons. The highest BCUT2D eigenvalue weighted by Crippen LogP contribution is 2.47. The van der Waals surface area contributed by atoms with Gasteiger partial charge in [-0.25, -0.2) is 23.7 Å². The first kappa shape index (κ1) is 36.5. The molecular formula is C30H54F2N5O4P. The van der Waals surface area contributed by atoms with Crippen LogP contribution in [0.4, 0.5) is 14.6 Å². The Kier molecular flexibility index (Phi) is 17.7. The number of halogens is 2. The molecule has 2 rings (SSSR count). The number of imidazole rings is 1. The van der Waals surface area contributed by atoms with Gasteiger partial charge in [0.25, 0.3) is 0 Å². The van der Waals surface area contributed by atoms with Crippen molar-refractivity contribution in [2.75, 3.05) is 25.8 Å². The molecule has 0 bridgehead atoms. The summed E-state index contributed by atoms with van der Waals surface area (Å²) in [5, 5.41) is 0. The third kappa shape index (κ3) is 14.7. The highest BCUT2D eigenvalue weighted by atomic mass is 31.2. The van der Waals surface area contributed by atoms with Crippen LogP contribution >= 0.6 is 7.60 Å². The molecule has 0 spiro atoms. The first-order valence-electron chi connectivity index (χ1n) is 15.9. The van der Waals surface area contributed by atoms with E-state index in [-0.39, 0.29) is 44.1 Å². The zero-order valence-electron chi connectivity index (χ0n) is 26.1. The average Bonchev–Trinajstić information content (AvgIpc) is 3.38. The van der Waals surface area contributed by atoms with E-state index in [0.29, 0.717) is 24.1 Å². The summed E-state index contributed by atoms with van der Waals surface area (Å²) in [7, 11) is -2.31. The van der Waals surface area contributed by atoms with E-state index in [4.69, 9.17) is 19.5 Å². The number of hydrogen-bond acceptors (Lipinski definition) is 8. The number of unbranched alkanes of at least 4 members (excludes halogenated alkanes) is 13. The van der Waals surface area contributed by atoms with Crippen molar-refractivity contribution in [1.82, 2.24) is 19.5 Å². The number of ether oxygens (including phenoxy) is 1. The molecule has 0 amide bonds. The molecule has 9 nitrogen and oxygen atoms in total. The van der Waals surface area contributed by atoms with E-state index in [1.807, 2.05) is 0 Å². The van der Waals surface area contributed by atoms with E-state index in [0.717, 1.165) is 19.3 Å². The lowest BCUT2D eigenvalue weighted by atomic mass is 10.0. The molecule has 12 heteroatoms. The van der Waals surface area contributed by atoms with Crippen molar-refractivity contribution in [2.45, 2.75) is 142 Å². The van der Waals surface area contributed by atoms with Crippen LogP contribution in [0.5, 0.6) is 0 Å². The number of nitrogens with zero attached hydrogens (tertiary/aromatic N) is 4. The van der Waals surface area contributed by atoms with Crippen molar-refractivity contribution in [3.8, 4) is 0 Å². The van der Waals surface area contributed by atoms with Crippen LogP contribution in [0.25, 0.3) is 11.2 Å². The van der Waals surface area contributed by atoms with Crippen LogP contribution in [-0.4, -0.2) is 51.6 Å². The fourth-order valence-corrected chi connectivity index (χ4v) is 6.09. The molecule has 0 fully saturated rings. The van der Waals surface area contributed by atoms with Crippen LogP contribution in [0, 0.1) is 0 Å². The summed E-state index contributed by atoms with van der Waals surface area (Å²) in [5.74, 6) is -2.46. The second-order valence-electron chi connectivity index (χ2n) is 11.4. The van der Waals surface area contributed by atoms with Crippen LogP contribution in [0.2, 0.25) is 0 Å². The van der Waals surface area contributed by atoms with Gasteiger partial charge in [0.05, 0.1) is 25.6 Å². The van der Waals surface area contributed by atoms with Gasteiger partial charge in [-0.1, -0.05) is 90.4 Å². The Bertz CT molecular complexity index is 1040.